The second-order valence-corrected chi connectivity index (χ2v) is 6.63. The number of likely N-dealkylation sites (N-methyl/N-ethyl adjacent to an activating group) is 1. The van der Waals surface area contributed by atoms with E-state index in [2.05, 4.69) is 5.32 Å². The number of nitrogens with zero attached hydrogens (tertiary/aromatic N) is 1. The second-order valence-electron chi connectivity index (χ2n) is 6.63. The third-order valence-electron chi connectivity index (χ3n) is 4.31. The first-order chi connectivity index (χ1) is 13.6. The number of hydrogen-bond donors (Lipinski definition) is 1. The zero-order chi connectivity index (χ0) is 21.6. The lowest BCUT2D eigenvalue weighted by atomic mass is 10.0. The van der Waals surface area contributed by atoms with Crippen molar-refractivity contribution in [3.05, 3.63) is 65.2 Å². The van der Waals surface area contributed by atoms with E-state index in [1.165, 1.54) is 17.0 Å². The maximum atomic E-state index is 12.9. The molecule has 0 aliphatic rings. The minimum atomic E-state index is -4.53. The lowest BCUT2D eigenvalue weighted by Crippen LogP contribution is -2.30. The van der Waals surface area contributed by atoms with E-state index in [9.17, 15) is 22.8 Å². The fourth-order valence-corrected chi connectivity index (χ4v) is 2.65. The number of carbonyl (C=O) groups is 2. The van der Waals surface area contributed by atoms with Gasteiger partial charge < -0.3 is 15.0 Å². The summed E-state index contributed by atoms with van der Waals surface area (Å²) in [5.41, 5.74) is -0.328. The molecule has 1 atom stereocenters. The molecule has 1 unspecified atom stereocenters. The van der Waals surface area contributed by atoms with E-state index in [4.69, 9.17) is 4.74 Å². The number of halogens is 3. The Hall–Kier alpha value is -3.03. The molecular weight excluding hydrogens is 385 g/mol. The molecule has 0 spiro atoms. The van der Waals surface area contributed by atoms with Gasteiger partial charge >= 0.3 is 6.18 Å². The number of hydrogen-bond acceptors (Lipinski definition) is 3. The predicted octanol–water partition coefficient (Wildman–Crippen LogP) is 4.05. The van der Waals surface area contributed by atoms with E-state index in [1.807, 2.05) is 6.92 Å². The van der Waals surface area contributed by atoms with Gasteiger partial charge in [-0.1, -0.05) is 31.2 Å². The molecule has 2 aromatic carbocycles. The van der Waals surface area contributed by atoms with Crippen LogP contribution in [0, 0.1) is 0 Å². The molecule has 0 aliphatic carbocycles. The molecule has 2 amide bonds. The predicted molar refractivity (Wildman–Crippen MR) is 103 cm³/mol. The average molecular weight is 408 g/mol. The first kappa shape index (κ1) is 22.3. The third kappa shape index (κ3) is 5.97. The molecule has 0 heterocycles. The maximum Gasteiger partial charge on any atom is 0.416 e. The fourth-order valence-electron chi connectivity index (χ4n) is 2.65. The fraction of sp³-hybridized carbons (Fsp3) is 0.333. The summed E-state index contributed by atoms with van der Waals surface area (Å²) < 4.78 is 44.3. The Kier molecular flexibility index (Phi) is 7.25. The average Bonchev–Trinajstić information content (AvgIpc) is 2.69. The quantitative estimate of drug-likeness (QED) is 0.752. The summed E-state index contributed by atoms with van der Waals surface area (Å²) in [6.07, 6.45) is -4.05. The van der Waals surface area contributed by atoms with Gasteiger partial charge in [-0.05, 0) is 30.7 Å². The number of ether oxygens (including phenoxy) is 1. The molecule has 156 valence electrons. The molecule has 1 N–H and O–H groups in total. The molecular formula is C21H23F3N2O3. The van der Waals surface area contributed by atoms with Crippen LogP contribution < -0.4 is 10.1 Å². The topological polar surface area (TPSA) is 58.6 Å². The van der Waals surface area contributed by atoms with Crippen LogP contribution in [-0.4, -0.2) is 37.4 Å². The van der Waals surface area contributed by atoms with Crippen molar-refractivity contribution < 1.29 is 27.5 Å². The number of rotatable bonds is 7. The molecule has 0 saturated heterocycles. The van der Waals surface area contributed by atoms with Gasteiger partial charge in [0.05, 0.1) is 11.6 Å². The van der Waals surface area contributed by atoms with E-state index in [0.29, 0.717) is 17.7 Å². The number of amides is 2. The summed E-state index contributed by atoms with van der Waals surface area (Å²) in [6, 6.07) is 10.7. The van der Waals surface area contributed by atoms with E-state index in [-0.39, 0.29) is 18.1 Å². The Morgan fingerprint density at radius 2 is 1.79 bits per heavy atom. The van der Waals surface area contributed by atoms with Gasteiger partial charge in [0.15, 0.2) is 6.61 Å². The van der Waals surface area contributed by atoms with E-state index in [0.717, 1.165) is 12.1 Å². The van der Waals surface area contributed by atoms with Gasteiger partial charge in [-0.15, -0.1) is 0 Å². The molecule has 2 aromatic rings. The van der Waals surface area contributed by atoms with Crippen LogP contribution in [0.2, 0.25) is 0 Å². The molecule has 0 fully saturated rings. The van der Waals surface area contributed by atoms with Crippen LogP contribution in [0.25, 0.3) is 0 Å². The highest BCUT2D eigenvalue weighted by Gasteiger charge is 2.31. The molecule has 5 nitrogen and oxygen atoms in total. The summed E-state index contributed by atoms with van der Waals surface area (Å²) in [6.45, 7) is 1.67. The van der Waals surface area contributed by atoms with Crippen molar-refractivity contribution in [3.8, 4) is 5.75 Å². The van der Waals surface area contributed by atoms with Crippen molar-refractivity contribution in [1.82, 2.24) is 10.2 Å². The zero-order valence-corrected chi connectivity index (χ0v) is 16.4. The van der Waals surface area contributed by atoms with Gasteiger partial charge in [0.2, 0.25) is 0 Å². The molecule has 0 bridgehead atoms. The van der Waals surface area contributed by atoms with Gasteiger partial charge in [-0.2, -0.15) is 13.2 Å². The highest BCUT2D eigenvalue weighted by molar-refractivity contribution is 5.94. The largest absolute Gasteiger partial charge is 0.483 e. The Labute approximate surface area is 167 Å². The van der Waals surface area contributed by atoms with Crippen molar-refractivity contribution in [3.63, 3.8) is 0 Å². The van der Waals surface area contributed by atoms with Crippen LogP contribution in [-0.2, 0) is 11.0 Å². The van der Waals surface area contributed by atoms with Crippen molar-refractivity contribution in [2.75, 3.05) is 20.7 Å². The first-order valence-electron chi connectivity index (χ1n) is 9.03. The molecule has 0 aliphatic heterocycles. The molecule has 0 aromatic heterocycles. The normalized spacial score (nSPS) is 12.2. The number of para-hydroxylation sites is 1. The SMILES string of the molecule is CCC(NC(=O)c1cccc(C(F)(F)F)c1)c1ccccc1OCC(=O)N(C)C. The Balaban J connectivity index is 2.20. The van der Waals surface area contributed by atoms with Crippen LogP contribution in [0.3, 0.4) is 0 Å². The Morgan fingerprint density at radius 3 is 2.41 bits per heavy atom. The van der Waals surface area contributed by atoms with Gasteiger partial charge in [-0.3, -0.25) is 9.59 Å². The smallest absolute Gasteiger partial charge is 0.416 e. The number of nitrogens with one attached hydrogen (secondary N) is 1. The first-order valence-corrected chi connectivity index (χ1v) is 9.03. The number of alkyl halides is 3. The summed E-state index contributed by atoms with van der Waals surface area (Å²) in [5, 5.41) is 2.75. The molecule has 29 heavy (non-hydrogen) atoms. The van der Waals surface area contributed by atoms with Crippen LogP contribution in [0.1, 0.15) is 40.9 Å². The van der Waals surface area contributed by atoms with E-state index >= 15 is 0 Å². The lowest BCUT2D eigenvalue weighted by molar-refractivity contribution is -0.137. The van der Waals surface area contributed by atoms with Gasteiger partial charge in [0.25, 0.3) is 11.8 Å². The summed E-state index contributed by atoms with van der Waals surface area (Å²) in [4.78, 5) is 25.7. The monoisotopic (exact) mass is 408 g/mol. The summed E-state index contributed by atoms with van der Waals surface area (Å²) in [7, 11) is 3.23. The third-order valence-corrected chi connectivity index (χ3v) is 4.31. The summed E-state index contributed by atoms with van der Waals surface area (Å²) >= 11 is 0. The molecule has 0 radical (unpaired) electrons. The van der Waals surface area contributed by atoms with E-state index in [1.54, 1.807) is 38.4 Å². The van der Waals surface area contributed by atoms with Crippen molar-refractivity contribution in [2.45, 2.75) is 25.6 Å². The minimum Gasteiger partial charge on any atom is -0.483 e. The lowest BCUT2D eigenvalue weighted by Gasteiger charge is -2.21. The van der Waals surface area contributed by atoms with Crippen molar-refractivity contribution in [1.29, 1.82) is 0 Å². The minimum absolute atomic E-state index is 0.0838. The summed E-state index contributed by atoms with van der Waals surface area (Å²) in [5.74, 6) is -0.415. The molecule has 2 rings (SSSR count). The van der Waals surface area contributed by atoms with E-state index < -0.39 is 23.7 Å². The van der Waals surface area contributed by atoms with Crippen LogP contribution in [0.15, 0.2) is 48.5 Å². The van der Waals surface area contributed by atoms with Crippen LogP contribution in [0.4, 0.5) is 13.2 Å². The number of carbonyl (C=O) groups excluding carboxylic acids is 2. The number of benzene rings is 2. The van der Waals surface area contributed by atoms with Crippen LogP contribution >= 0.6 is 0 Å². The highest BCUT2D eigenvalue weighted by atomic mass is 19.4. The Bertz CT molecular complexity index is 866. The van der Waals surface area contributed by atoms with Gasteiger partial charge in [0.1, 0.15) is 5.75 Å². The second kappa shape index (κ2) is 9.45. The Morgan fingerprint density at radius 1 is 1.10 bits per heavy atom. The molecule has 0 saturated carbocycles. The molecule has 8 heteroatoms. The van der Waals surface area contributed by atoms with Crippen molar-refractivity contribution >= 4 is 11.8 Å². The van der Waals surface area contributed by atoms with Gasteiger partial charge in [0, 0.05) is 25.2 Å². The van der Waals surface area contributed by atoms with Crippen LogP contribution in [0.5, 0.6) is 5.75 Å². The highest BCUT2D eigenvalue weighted by Crippen LogP contribution is 2.30. The maximum absolute atomic E-state index is 12.9. The van der Waals surface area contributed by atoms with Crippen molar-refractivity contribution in [2.24, 2.45) is 0 Å². The zero-order valence-electron chi connectivity index (χ0n) is 16.4. The standard InChI is InChI=1S/C21H23F3N2O3/c1-4-17(16-10-5-6-11-18(16)29-13-19(27)26(2)3)25-20(28)14-8-7-9-15(12-14)21(22,23)24/h5-12,17H,4,13H2,1-3H3,(H,25,28). The van der Waals surface area contributed by atoms with Gasteiger partial charge in [-0.25, -0.2) is 0 Å².